The van der Waals surface area contributed by atoms with Crippen molar-refractivity contribution in [2.24, 2.45) is 0 Å². The summed E-state index contributed by atoms with van der Waals surface area (Å²) in [5.41, 5.74) is 0. The lowest BCUT2D eigenvalue weighted by Crippen LogP contribution is -2.37. The van der Waals surface area contributed by atoms with Gasteiger partial charge in [-0.3, -0.25) is 14.2 Å². The van der Waals surface area contributed by atoms with Gasteiger partial charge < -0.3 is 27.9 Å². The second-order valence-corrected chi connectivity index (χ2v) is 24.1. The minimum absolute atomic E-state index is 0.0413. The number of ether oxygens (including phenoxy) is 2. The molecule has 0 spiro atoms. The highest BCUT2D eigenvalue weighted by Gasteiger charge is 2.22. The van der Waals surface area contributed by atoms with Crippen LogP contribution in [0.3, 0.4) is 0 Å². The molecular weight excluding hydrogens is 1040 g/mol. The molecule has 0 rings (SSSR count). The van der Waals surface area contributed by atoms with E-state index in [1.807, 2.05) is 21.1 Å². The minimum atomic E-state index is -4.65. The number of carbonyl (C=O) groups excluding carboxylic acids is 2. The van der Waals surface area contributed by atoms with Crippen molar-refractivity contribution in [1.29, 1.82) is 0 Å². The van der Waals surface area contributed by atoms with Crippen LogP contribution in [0, 0.1) is 0 Å². The van der Waals surface area contributed by atoms with Gasteiger partial charge in [-0.1, -0.05) is 270 Å². The number of phosphoric acid groups is 1. The van der Waals surface area contributed by atoms with Crippen LogP contribution in [0.4, 0.5) is 0 Å². The largest absolute Gasteiger partial charge is 0.756 e. The topological polar surface area (TPSA) is 111 Å². The van der Waals surface area contributed by atoms with Crippen LogP contribution in [0.2, 0.25) is 0 Å². The van der Waals surface area contributed by atoms with Crippen molar-refractivity contribution in [2.45, 2.75) is 264 Å². The highest BCUT2D eigenvalue weighted by molar-refractivity contribution is 7.45. The molecule has 468 valence electrons. The van der Waals surface area contributed by atoms with E-state index in [9.17, 15) is 19.0 Å². The van der Waals surface area contributed by atoms with E-state index in [-0.39, 0.29) is 26.1 Å². The summed E-state index contributed by atoms with van der Waals surface area (Å²) in [4.78, 5) is 37.9. The van der Waals surface area contributed by atoms with Crippen LogP contribution in [0.1, 0.15) is 258 Å². The van der Waals surface area contributed by atoms with Crippen molar-refractivity contribution < 1.29 is 42.1 Å². The Morgan fingerprint density at radius 1 is 0.378 bits per heavy atom. The number of quaternary nitrogens is 1. The lowest BCUT2D eigenvalue weighted by Gasteiger charge is -2.28. The normalized spacial score (nSPS) is 14.1. The molecule has 2 unspecified atom stereocenters. The summed E-state index contributed by atoms with van der Waals surface area (Å²) in [5.74, 6) is -0.872. The fraction of sp³-hybridized carbons (Fsp3) is 0.667. The molecule has 0 radical (unpaired) electrons. The number of carbonyl (C=O) groups is 2. The molecule has 2 atom stereocenters. The van der Waals surface area contributed by atoms with Crippen LogP contribution in [0.15, 0.2) is 134 Å². The smallest absolute Gasteiger partial charge is 0.306 e. The van der Waals surface area contributed by atoms with Crippen molar-refractivity contribution in [2.75, 3.05) is 47.5 Å². The fourth-order valence-corrected chi connectivity index (χ4v) is 9.42. The Morgan fingerprint density at radius 3 is 0.988 bits per heavy atom. The van der Waals surface area contributed by atoms with Crippen LogP contribution in [-0.2, 0) is 32.7 Å². The predicted molar refractivity (Wildman–Crippen MR) is 351 cm³/mol. The summed E-state index contributed by atoms with van der Waals surface area (Å²) in [7, 11) is 1.14. The van der Waals surface area contributed by atoms with Gasteiger partial charge in [-0.15, -0.1) is 0 Å². The van der Waals surface area contributed by atoms with Gasteiger partial charge in [0.1, 0.15) is 19.8 Å². The number of hydrogen-bond acceptors (Lipinski definition) is 8. The van der Waals surface area contributed by atoms with Gasteiger partial charge in [0.05, 0.1) is 27.7 Å². The Morgan fingerprint density at radius 2 is 0.659 bits per heavy atom. The third-order valence-corrected chi connectivity index (χ3v) is 14.6. The van der Waals surface area contributed by atoms with E-state index in [1.165, 1.54) is 109 Å². The molecule has 0 fully saturated rings. The summed E-state index contributed by atoms with van der Waals surface area (Å²) < 4.78 is 34.2. The van der Waals surface area contributed by atoms with E-state index in [4.69, 9.17) is 18.5 Å². The standard InChI is InChI=1S/C72H122NO8P/c1-6-8-10-12-14-16-18-20-22-24-26-27-28-29-30-31-32-33-34-35-36-37-38-39-40-41-42-43-44-45-47-49-51-53-55-57-59-61-63-65-72(75)81-70(69-80-82(76,77)79-67-66-73(3,4)5)68-78-71(74)64-62-60-58-56-54-52-50-48-46-25-23-21-19-17-15-13-11-9-7-2/h8-11,14-17,20-23,26-27,29-30,32-33,46,48,52,54,70H,6-7,12-13,18-19,24-25,28,31,34-45,47,49-51,53,55-69H2,1-5H3/b10-8-,11-9-,16-14-,17-15-,22-20-,23-21-,27-26-,30-29-,33-32-,48-46-,54-52-. The van der Waals surface area contributed by atoms with Crippen LogP contribution in [0.25, 0.3) is 0 Å². The van der Waals surface area contributed by atoms with Crippen molar-refractivity contribution in [3.05, 3.63) is 134 Å². The Bertz CT molecular complexity index is 1850. The Kier molecular flexibility index (Phi) is 58.8. The molecule has 10 heteroatoms. The zero-order chi connectivity index (χ0) is 59.8. The maximum atomic E-state index is 12.8. The van der Waals surface area contributed by atoms with E-state index in [1.54, 1.807) is 0 Å². The molecule has 0 amide bonds. The third-order valence-electron chi connectivity index (χ3n) is 13.7. The van der Waals surface area contributed by atoms with Gasteiger partial charge in [0.2, 0.25) is 0 Å². The summed E-state index contributed by atoms with van der Waals surface area (Å²) >= 11 is 0. The molecule has 0 saturated heterocycles. The average Bonchev–Trinajstić information content (AvgIpc) is 3.46. The summed E-state index contributed by atoms with van der Waals surface area (Å²) in [5, 5.41) is 0. The van der Waals surface area contributed by atoms with Crippen molar-refractivity contribution in [1.82, 2.24) is 0 Å². The quantitative estimate of drug-likeness (QED) is 0.0195. The van der Waals surface area contributed by atoms with Crippen LogP contribution in [0.5, 0.6) is 0 Å². The van der Waals surface area contributed by atoms with Gasteiger partial charge in [-0.05, 0) is 109 Å². The fourth-order valence-electron chi connectivity index (χ4n) is 8.69. The zero-order valence-corrected chi connectivity index (χ0v) is 54.0. The van der Waals surface area contributed by atoms with E-state index in [0.717, 1.165) is 109 Å². The van der Waals surface area contributed by atoms with Gasteiger partial charge >= 0.3 is 11.9 Å². The summed E-state index contributed by atoms with van der Waals surface area (Å²) in [6.45, 7) is 3.97. The molecular formula is C72H122NO8P. The van der Waals surface area contributed by atoms with Crippen LogP contribution in [-0.4, -0.2) is 70.0 Å². The number of esters is 2. The number of rotatable bonds is 59. The number of allylic oxidation sites excluding steroid dienone is 22. The summed E-state index contributed by atoms with van der Waals surface area (Å²) in [6.07, 6.45) is 89.6. The number of unbranched alkanes of at least 4 members (excludes halogenated alkanes) is 23. The Labute approximate surface area is 504 Å². The zero-order valence-electron chi connectivity index (χ0n) is 53.1. The van der Waals surface area contributed by atoms with Gasteiger partial charge in [-0.25, -0.2) is 0 Å². The van der Waals surface area contributed by atoms with Gasteiger partial charge in [0.15, 0.2) is 6.10 Å². The lowest BCUT2D eigenvalue weighted by atomic mass is 10.0. The molecule has 0 saturated carbocycles. The molecule has 0 aromatic heterocycles. The van der Waals surface area contributed by atoms with E-state index in [0.29, 0.717) is 23.9 Å². The van der Waals surface area contributed by atoms with Crippen LogP contribution >= 0.6 is 7.82 Å². The number of phosphoric ester groups is 1. The predicted octanol–water partition coefficient (Wildman–Crippen LogP) is 20.6. The second kappa shape index (κ2) is 61.7. The van der Waals surface area contributed by atoms with Crippen molar-refractivity contribution in [3.63, 3.8) is 0 Å². The van der Waals surface area contributed by atoms with Gasteiger partial charge in [0.25, 0.3) is 7.82 Å². The summed E-state index contributed by atoms with van der Waals surface area (Å²) in [6, 6.07) is 0. The molecule has 0 heterocycles. The number of nitrogens with zero attached hydrogens (tertiary/aromatic N) is 1. The van der Waals surface area contributed by atoms with Crippen molar-refractivity contribution in [3.8, 4) is 0 Å². The lowest BCUT2D eigenvalue weighted by molar-refractivity contribution is -0.870. The van der Waals surface area contributed by atoms with Gasteiger partial charge in [-0.2, -0.15) is 0 Å². The number of hydrogen-bond donors (Lipinski definition) is 0. The maximum absolute atomic E-state index is 12.8. The first-order chi connectivity index (χ1) is 40.0. The van der Waals surface area contributed by atoms with Crippen LogP contribution < -0.4 is 4.89 Å². The molecule has 0 bridgehead atoms. The first-order valence-electron chi connectivity index (χ1n) is 32.9. The molecule has 0 aliphatic carbocycles. The highest BCUT2D eigenvalue weighted by Crippen LogP contribution is 2.38. The minimum Gasteiger partial charge on any atom is -0.756 e. The van der Waals surface area contributed by atoms with E-state index < -0.39 is 32.5 Å². The maximum Gasteiger partial charge on any atom is 0.306 e. The SMILES string of the molecule is CC/C=C\C/C=C\C/C=C\C/C=C\C/C=C\C/C=C\CCCCCCCCCCCCCCCCCCCCCCC(=O)OC(COC(=O)CCCCC/C=C\C/C=C\C/C=C\C/C=C\C/C=C\CC)COP(=O)([O-])OCC[N+](C)(C)C. The highest BCUT2D eigenvalue weighted by atomic mass is 31.2. The van der Waals surface area contributed by atoms with Crippen molar-refractivity contribution >= 4 is 19.8 Å². The Balaban J connectivity index is 4.03. The van der Waals surface area contributed by atoms with E-state index >= 15 is 0 Å². The number of likely N-dealkylation sites (N-methyl/N-ethyl adjacent to an activating group) is 1. The molecule has 0 aliphatic rings. The second-order valence-electron chi connectivity index (χ2n) is 22.7. The molecule has 0 aromatic rings. The third kappa shape index (κ3) is 65.3. The molecule has 0 aromatic carbocycles. The molecule has 0 aliphatic heterocycles. The monoisotopic (exact) mass is 1160 g/mol. The first-order valence-corrected chi connectivity index (χ1v) is 34.4. The average molecular weight is 1160 g/mol. The first kappa shape index (κ1) is 78.1. The molecule has 0 N–H and O–H groups in total. The van der Waals surface area contributed by atoms with E-state index in [2.05, 4.69) is 148 Å². The Hall–Kier alpha value is -3.85. The molecule has 82 heavy (non-hydrogen) atoms. The van der Waals surface area contributed by atoms with Gasteiger partial charge in [0, 0.05) is 12.8 Å². The molecule has 9 nitrogen and oxygen atoms in total.